The normalized spacial score (nSPS) is 14.2. The second kappa shape index (κ2) is 11.9. The van der Waals surface area contributed by atoms with Crippen LogP contribution in [0.3, 0.4) is 0 Å². The molecule has 2 heterocycles. The highest BCUT2D eigenvalue weighted by Crippen LogP contribution is 2.25. The van der Waals surface area contributed by atoms with E-state index in [-0.39, 0.29) is 37.3 Å². The van der Waals surface area contributed by atoms with Crippen LogP contribution in [-0.2, 0) is 20.8 Å². The summed E-state index contributed by atoms with van der Waals surface area (Å²) in [5.41, 5.74) is 3.46. The van der Waals surface area contributed by atoms with E-state index in [4.69, 9.17) is 14.5 Å². The quantitative estimate of drug-likeness (QED) is 0.497. The van der Waals surface area contributed by atoms with E-state index in [1.54, 1.807) is 24.3 Å². The maximum atomic E-state index is 13.1. The van der Waals surface area contributed by atoms with Gasteiger partial charge in [0.05, 0.1) is 12.1 Å². The van der Waals surface area contributed by atoms with Crippen LogP contribution in [0.25, 0.3) is 11.3 Å². The Morgan fingerprint density at radius 2 is 1.71 bits per heavy atom. The van der Waals surface area contributed by atoms with Gasteiger partial charge in [0.2, 0.25) is 0 Å². The average Bonchev–Trinajstić information content (AvgIpc) is 3.41. The summed E-state index contributed by atoms with van der Waals surface area (Å²) in [5, 5.41) is 26.2. The molecule has 0 saturated heterocycles. The maximum Gasteiger partial charge on any atom is 0.165 e. The molecule has 8 nitrogen and oxygen atoms in total. The number of aromatic nitrogens is 1. The topological polar surface area (TPSA) is 122 Å². The molecule has 1 atom stereocenters. The Morgan fingerprint density at radius 3 is 2.34 bits per heavy atom. The van der Waals surface area contributed by atoms with Crippen LogP contribution in [0.2, 0.25) is 0 Å². The minimum Gasteiger partial charge on any atom is -0.508 e. The molecule has 35 heavy (non-hydrogen) atoms. The molecular formula is C26H29FN2O6. The molecule has 0 fully saturated rings. The monoisotopic (exact) mass is 484 g/mol. The van der Waals surface area contributed by atoms with Gasteiger partial charge in [-0.1, -0.05) is 17.7 Å². The van der Waals surface area contributed by atoms with Crippen LogP contribution in [0.1, 0.15) is 51.0 Å². The maximum absolute atomic E-state index is 13.1. The van der Waals surface area contributed by atoms with Crippen molar-refractivity contribution in [3.63, 3.8) is 0 Å². The van der Waals surface area contributed by atoms with Crippen molar-refractivity contribution in [2.45, 2.75) is 53.6 Å². The summed E-state index contributed by atoms with van der Waals surface area (Å²) in [7, 11) is 0. The number of hydrogen-bond donors (Lipinski definition) is 2. The van der Waals surface area contributed by atoms with Crippen LogP contribution < -0.4 is 0 Å². The molecule has 0 spiro atoms. The first-order valence-electron chi connectivity index (χ1n) is 10.6. The van der Waals surface area contributed by atoms with Crippen molar-refractivity contribution in [2.75, 3.05) is 0 Å². The number of halogens is 1. The van der Waals surface area contributed by atoms with Gasteiger partial charge in [-0.15, -0.1) is 0 Å². The highest BCUT2D eigenvalue weighted by atomic mass is 19.1. The van der Waals surface area contributed by atoms with Gasteiger partial charge in [0.15, 0.2) is 11.6 Å². The Hall–Kier alpha value is -4.01. The Kier molecular flexibility index (Phi) is 9.27. The lowest BCUT2D eigenvalue weighted by Gasteiger charge is -2.04. The molecule has 0 aliphatic carbocycles. The molecule has 3 aromatic rings. The molecule has 2 aromatic carbocycles. The van der Waals surface area contributed by atoms with Crippen LogP contribution in [0.5, 0.6) is 11.5 Å². The van der Waals surface area contributed by atoms with Gasteiger partial charge in [0.1, 0.15) is 34.9 Å². The third kappa shape index (κ3) is 7.49. The summed E-state index contributed by atoms with van der Waals surface area (Å²) >= 11 is 0. The molecule has 0 amide bonds. The van der Waals surface area contributed by atoms with Crippen LogP contribution in [0.4, 0.5) is 4.39 Å². The van der Waals surface area contributed by atoms with E-state index in [0.29, 0.717) is 35.6 Å². The van der Waals surface area contributed by atoms with E-state index < -0.39 is 11.6 Å². The first kappa shape index (κ1) is 27.2. The standard InChI is InChI=1S/C13H13NO3.C12H12FNO3.CH4/c1-8-5-10(3-4-13(8)16)12-7-11(17-14-12)6-9(2)15;1-7(15)4-9-6-11(14-17-9)8-2-3-12(16)10(13)5-8;/h3-5,7,16H,6H2,1-2H3;2-3,5,9,16H,4,6H2,1H3;1H4. The molecule has 186 valence electrons. The Bertz CT molecular complexity index is 1230. The number of Topliss-reactive ketones (excluding diaryl/α,β-unsaturated/α-hetero) is 2. The molecule has 0 saturated carbocycles. The smallest absolute Gasteiger partial charge is 0.165 e. The van der Waals surface area contributed by atoms with E-state index in [9.17, 15) is 19.1 Å². The van der Waals surface area contributed by atoms with E-state index in [1.165, 1.54) is 26.0 Å². The van der Waals surface area contributed by atoms with Gasteiger partial charge in [-0.25, -0.2) is 4.39 Å². The van der Waals surface area contributed by atoms with Crippen molar-refractivity contribution < 1.29 is 33.6 Å². The SMILES string of the molecule is C.CC(=O)CC1CC(c2ccc(O)c(F)c2)=NO1.CC(=O)Cc1cc(-c2ccc(O)c(C)c2)no1. The van der Waals surface area contributed by atoms with Crippen LogP contribution in [0, 0.1) is 12.7 Å². The van der Waals surface area contributed by atoms with Crippen molar-refractivity contribution in [2.24, 2.45) is 5.16 Å². The molecule has 1 aliphatic rings. The summed E-state index contributed by atoms with van der Waals surface area (Å²) in [6, 6.07) is 11.0. The molecule has 1 unspecified atom stereocenters. The highest BCUT2D eigenvalue weighted by molar-refractivity contribution is 6.01. The number of phenolic OH excluding ortho intramolecular Hbond substituents is 2. The number of phenols is 2. The predicted octanol–water partition coefficient (Wildman–Crippen LogP) is 5.13. The Labute approximate surface area is 203 Å². The number of ketones is 2. The first-order chi connectivity index (χ1) is 16.1. The molecule has 9 heteroatoms. The zero-order valence-electron chi connectivity index (χ0n) is 19.0. The second-order valence-corrected chi connectivity index (χ2v) is 8.10. The number of carbonyl (C=O) groups is 2. The van der Waals surface area contributed by atoms with Crippen LogP contribution in [0.15, 0.2) is 52.1 Å². The Morgan fingerprint density at radius 1 is 1.03 bits per heavy atom. The van der Waals surface area contributed by atoms with Gasteiger partial charge in [0.25, 0.3) is 0 Å². The number of oxime groups is 1. The number of benzene rings is 2. The molecule has 2 N–H and O–H groups in total. The number of aryl methyl sites for hydroxylation is 1. The lowest BCUT2D eigenvalue weighted by atomic mass is 10.0. The predicted molar refractivity (Wildman–Crippen MR) is 129 cm³/mol. The fraction of sp³-hybridized carbons (Fsp3) is 0.308. The third-order valence-electron chi connectivity index (χ3n) is 5.00. The van der Waals surface area contributed by atoms with Crippen molar-refractivity contribution >= 4 is 17.3 Å². The number of aromatic hydroxyl groups is 2. The summed E-state index contributed by atoms with van der Waals surface area (Å²) in [5.74, 6) is -0.217. The molecular weight excluding hydrogens is 455 g/mol. The van der Waals surface area contributed by atoms with Crippen molar-refractivity contribution in [1.29, 1.82) is 0 Å². The van der Waals surface area contributed by atoms with Crippen LogP contribution in [-0.4, -0.2) is 38.8 Å². The van der Waals surface area contributed by atoms with Gasteiger partial charge >= 0.3 is 0 Å². The number of rotatable bonds is 6. The summed E-state index contributed by atoms with van der Waals surface area (Å²) in [4.78, 5) is 26.9. The second-order valence-electron chi connectivity index (χ2n) is 8.10. The van der Waals surface area contributed by atoms with E-state index in [1.807, 2.05) is 13.0 Å². The Balaban J connectivity index is 0.000000240. The summed E-state index contributed by atoms with van der Waals surface area (Å²) < 4.78 is 18.2. The van der Waals surface area contributed by atoms with Crippen molar-refractivity contribution in [3.8, 4) is 22.8 Å². The van der Waals surface area contributed by atoms with Crippen LogP contribution >= 0.6 is 0 Å². The van der Waals surface area contributed by atoms with Gasteiger partial charge in [-0.05, 0) is 62.7 Å². The third-order valence-corrected chi connectivity index (χ3v) is 5.00. The number of nitrogens with zero attached hydrogens (tertiary/aromatic N) is 2. The van der Waals surface area contributed by atoms with Crippen molar-refractivity contribution in [1.82, 2.24) is 5.16 Å². The molecule has 4 rings (SSSR count). The largest absolute Gasteiger partial charge is 0.508 e. The molecule has 1 aromatic heterocycles. The number of carbonyl (C=O) groups excluding carboxylic acids is 2. The molecule has 1 aliphatic heterocycles. The van der Waals surface area contributed by atoms with E-state index in [2.05, 4.69) is 10.3 Å². The van der Waals surface area contributed by atoms with Gasteiger partial charge in [-0.3, -0.25) is 9.59 Å². The zero-order chi connectivity index (χ0) is 24.8. The van der Waals surface area contributed by atoms with E-state index >= 15 is 0 Å². The van der Waals surface area contributed by atoms with E-state index in [0.717, 1.165) is 11.1 Å². The summed E-state index contributed by atoms with van der Waals surface area (Å²) in [6.07, 6.45) is 0.765. The number of hydrogen-bond acceptors (Lipinski definition) is 8. The fourth-order valence-corrected chi connectivity index (χ4v) is 3.31. The lowest BCUT2D eigenvalue weighted by molar-refractivity contribution is -0.119. The molecule has 0 bridgehead atoms. The van der Waals surface area contributed by atoms with Gasteiger partial charge in [0, 0.05) is 30.0 Å². The minimum absolute atomic E-state index is 0. The van der Waals surface area contributed by atoms with Gasteiger partial charge in [-0.2, -0.15) is 0 Å². The molecule has 0 radical (unpaired) electrons. The summed E-state index contributed by atoms with van der Waals surface area (Å²) in [6.45, 7) is 4.81. The highest BCUT2D eigenvalue weighted by Gasteiger charge is 2.23. The first-order valence-corrected chi connectivity index (χ1v) is 10.6. The van der Waals surface area contributed by atoms with Gasteiger partial charge < -0.3 is 19.6 Å². The fourth-order valence-electron chi connectivity index (χ4n) is 3.31. The lowest BCUT2D eigenvalue weighted by Crippen LogP contribution is -2.12. The minimum atomic E-state index is -0.694. The zero-order valence-corrected chi connectivity index (χ0v) is 19.0. The average molecular weight is 485 g/mol. The van der Waals surface area contributed by atoms with Crippen molar-refractivity contribution in [3.05, 3.63) is 65.2 Å².